The molecule has 0 saturated carbocycles. The highest BCUT2D eigenvalue weighted by atomic mass is 16.7. The number of amides is 1. The number of para-hydroxylation sites is 1. The second-order valence-electron chi connectivity index (χ2n) is 7.66. The molecule has 1 N–H and O–H groups in total. The summed E-state index contributed by atoms with van der Waals surface area (Å²) in [5.41, 5.74) is 3.10. The molecule has 5 nitrogen and oxygen atoms in total. The molecular weight excluding hydrogens is 376 g/mol. The van der Waals surface area contributed by atoms with E-state index in [1.54, 1.807) is 0 Å². The Labute approximate surface area is 177 Å². The van der Waals surface area contributed by atoms with Gasteiger partial charge >= 0.3 is 0 Å². The molecule has 2 heterocycles. The number of aromatic nitrogens is 1. The minimum absolute atomic E-state index is 0.0517. The van der Waals surface area contributed by atoms with Crippen molar-refractivity contribution in [3.63, 3.8) is 0 Å². The van der Waals surface area contributed by atoms with E-state index in [0.717, 1.165) is 40.8 Å². The van der Waals surface area contributed by atoms with E-state index in [2.05, 4.69) is 12.2 Å². The molecule has 0 saturated heterocycles. The number of benzene rings is 2. The minimum Gasteiger partial charge on any atom is -0.454 e. The standard InChI is InChI=1S/C25H28N2O3/c1-2-3-4-5-6-9-14-26-25(28)20-16-22(27-21-11-8-7-10-19(20)21)18-12-13-23-24(15-18)30-17-29-23/h7-8,10-13,15-16H,2-6,9,14,17H2,1H3,(H,26,28). The largest absolute Gasteiger partial charge is 0.454 e. The number of ether oxygens (including phenoxy) is 2. The van der Waals surface area contributed by atoms with Crippen LogP contribution in [0.1, 0.15) is 55.8 Å². The SMILES string of the molecule is CCCCCCCCNC(=O)c1cc(-c2ccc3c(c2)OCO3)nc2ccccc12. The topological polar surface area (TPSA) is 60.5 Å². The Morgan fingerprint density at radius 3 is 2.67 bits per heavy atom. The normalized spacial score (nSPS) is 12.3. The highest BCUT2D eigenvalue weighted by Gasteiger charge is 2.17. The Kier molecular flexibility index (Phi) is 6.47. The molecule has 0 fully saturated rings. The zero-order valence-electron chi connectivity index (χ0n) is 17.4. The molecule has 1 aliphatic rings. The minimum atomic E-state index is -0.0517. The lowest BCUT2D eigenvalue weighted by Gasteiger charge is -2.11. The van der Waals surface area contributed by atoms with E-state index in [1.165, 1.54) is 25.7 Å². The predicted octanol–water partition coefficient (Wildman–Crippen LogP) is 5.72. The van der Waals surface area contributed by atoms with Crippen LogP contribution in [0.2, 0.25) is 0 Å². The number of hydrogen-bond donors (Lipinski definition) is 1. The van der Waals surface area contributed by atoms with Gasteiger partial charge in [0.05, 0.1) is 16.8 Å². The molecule has 4 rings (SSSR count). The second kappa shape index (κ2) is 9.61. The summed E-state index contributed by atoms with van der Waals surface area (Å²) in [6, 6.07) is 15.4. The van der Waals surface area contributed by atoms with E-state index < -0.39 is 0 Å². The molecule has 1 aromatic heterocycles. The van der Waals surface area contributed by atoms with Crippen molar-refractivity contribution in [2.45, 2.75) is 45.4 Å². The van der Waals surface area contributed by atoms with Crippen LogP contribution in [0.3, 0.4) is 0 Å². The summed E-state index contributed by atoms with van der Waals surface area (Å²) in [5.74, 6) is 1.39. The van der Waals surface area contributed by atoms with Crippen LogP contribution >= 0.6 is 0 Å². The third-order valence-electron chi connectivity index (χ3n) is 5.45. The fraction of sp³-hybridized carbons (Fsp3) is 0.360. The maximum Gasteiger partial charge on any atom is 0.252 e. The maximum atomic E-state index is 13.0. The molecule has 3 aromatic rings. The first-order valence-corrected chi connectivity index (χ1v) is 10.8. The number of hydrogen-bond acceptors (Lipinski definition) is 4. The molecule has 0 radical (unpaired) electrons. The van der Waals surface area contributed by atoms with Crippen LogP contribution in [-0.2, 0) is 0 Å². The summed E-state index contributed by atoms with van der Waals surface area (Å²) < 4.78 is 10.9. The number of fused-ring (bicyclic) bond motifs is 2. The Bertz CT molecular complexity index is 1030. The van der Waals surface area contributed by atoms with Gasteiger partial charge in [-0.3, -0.25) is 4.79 Å². The molecule has 0 atom stereocenters. The molecule has 1 aliphatic heterocycles. The molecule has 0 bridgehead atoms. The van der Waals surface area contributed by atoms with Gasteiger partial charge in [0.1, 0.15) is 0 Å². The third-order valence-corrected chi connectivity index (χ3v) is 5.45. The smallest absolute Gasteiger partial charge is 0.252 e. The van der Waals surface area contributed by atoms with Crippen LogP contribution < -0.4 is 14.8 Å². The van der Waals surface area contributed by atoms with E-state index in [4.69, 9.17) is 14.5 Å². The zero-order valence-corrected chi connectivity index (χ0v) is 17.4. The summed E-state index contributed by atoms with van der Waals surface area (Å²) >= 11 is 0. The van der Waals surface area contributed by atoms with Crippen molar-refractivity contribution in [2.24, 2.45) is 0 Å². The first-order chi connectivity index (χ1) is 14.8. The first kappa shape index (κ1) is 20.2. The number of rotatable bonds is 9. The number of carbonyl (C=O) groups is 1. The third kappa shape index (κ3) is 4.56. The van der Waals surface area contributed by atoms with Gasteiger partial charge in [0, 0.05) is 17.5 Å². The molecule has 2 aromatic carbocycles. The van der Waals surface area contributed by atoms with Gasteiger partial charge in [-0.2, -0.15) is 0 Å². The summed E-state index contributed by atoms with van der Waals surface area (Å²) in [5, 5.41) is 3.95. The fourth-order valence-corrected chi connectivity index (χ4v) is 3.77. The van der Waals surface area contributed by atoms with Crippen molar-refractivity contribution < 1.29 is 14.3 Å². The van der Waals surface area contributed by atoms with Gasteiger partial charge in [-0.05, 0) is 36.8 Å². The van der Waals surface area contributed by atoms with Crippen LogP contribution in [-0.4, -0.2) is 24.2 Å². The Morgan fingerprint density at radius 1 is 0.967 bits per heavy atom. The van der Waals surface area contributed by atoms with Crippen molar-refractivity contribution in [3.05, 3.63) is 54.1 Å². The summed E-state index contributed by atoms with van der Waals surface area (Å²) in [7, 11) is 0. The van der Waals surface area contributed by atoms with Crippen LogP contribution in [0.25, 0.3) is 22.2 Å². The van der Waals surface area contributed by atoms with Crippen molar-refractivity contribution in [2.75, 3.05) is 13.3 Å². The number of pyridine rings is 1. The second-order valence-corrected chi connectivity index (χ2v) is 7.66. The lowest BCUT2D eigenvalue weighted by molar-refractivity contribution is 0.0954. The molecule has 0 spiro atoms. The quantitative estimate of drug-likeness (QED) is 0.463. The first-order valence-electron chi connectivity index (χ1n) is 10.8. The number of nitrogens with one attached hydrogen (secondary N) is 1. The van der Waals surface area contributed by atoms with Gasteiger partial charge in [0.25, 0.3) is 5.91 Å². The molecule has 30 heavy (non-hydrogen) atoms. The monoisotopic (exact) mass is 404 g/mol. The Morgan fingerprint density at radius 2 is 1.77 bits per heavy atom. The van der Waals surface area contributed by atoms with Gasteiger partial charge in [-0.1, -0.05) is 57.2 Å². The van der Waals surface area contributed by atoms with Crippen molar-refractivity contribution in [3.8, 4) is 22.8 Å². The lowest BCUT2D eigenvalue weighted by atomic mass is 10.0. The maximum absolute atomic E-state index is 13.0. The lowest BCUT2D eigenvalue weighted by Crippen LogP contribution is -2.24. The molecule has 0 unspecified atom stereocenters. The molecule has 5 heteroatoms. The Balaban J connectivity index is 1.53. The van der Waals surface area contributed by atoms with E-state index in [9.17, 15) is 4.79 Å². The summed E-state index contributed by atoms with van der Waals surface area (Å²) in [6.07, 6.45) is 7.21. The average Bonchev–Trinajstić information content (AvgIpc) is 3.25. The van der Waals surface area contributed by atoms with Crippen LogP contribution in [0, 0.1) is 0 Å². The van der Waals surface area contributed by atoms with Gasteiger partial charge < -0.3 is 14.8 Å². The van der Waals surface area contributed by atoms with Crippen molar-refractivity contribution in [1.29, 1.82) is 0 Å². The highest BCUT2D eigenvalue weighted by molar-refractivity contribution is 6.07. The zero-order chi connectivity index (χ0) is 20.8. The summed E-state index contributed by atoms with van der Waals surface area (Å²) in [4.78, 5) is 17.8. The van der Waals surface area contributed by atoms with Gasteiger partial charge in [0.2, 0.25) is 6.79 Å². The molecule has 1 amide bonds. The van der Waals surface area contributed by atoms with Crippen LogP contribution in [0.15, 0.2) is 48.5 Å². The van der Waals surface area contributed by atoms with Gasteiger partial charge in [0.15, 0.2) is 11.5 Å². The molecule has 0 aliphatic carbocycles. The van der Waals surface area contributed by atoms with Crippen LogP contribution in [0.5, 0.6) is 11.5 Å². The Hall–Kier alpha value is -3.08. The molecule has 156 valence electrons. The van der Waals surface area contributed by atoms with Crippen molar-refractivity contribution >= 4 is 16.8 Å². The van der Waals surface area contributed by atoms with E-state index >= 15 is 0 Å². The van der Waals surface area contributed by atoms with E-state index in [1.807, 2.05) is 48.5 Å². The van der Waals surface area contributed by atoms with Gasteiger partial charge in [-0.15, -0.1) is 0 Å². The molecular formula is C25H28N2O3. The highest BCUT2D eigenvalue weighted by Crippen LogP contribution is 2.36. The van der Waals surface area contributed by atoms with E-state index in [0.29, 0.717) is 17.9 Å². The number of carbonyl (C=O) groups excluding carboxylic acids is 1. The number of nitrogens with zero attached hydrogens (tertiary/aromatic N) is 1. The van der Waals surface area contributed by atoms with Gasteiger partial charge in [-0.25, -0.2) is 4.98 Å². The van der Waals surface area contributed by atoms with E-state index in [-0.39, 0.29) is 12.7 Å². The van der Waals surface area contributed by atoms with Crippen LogP contribution in [0.4, 0.5) is 0 Å². The van der Waals surface area contributed by atoms with Crippen molar-refractivity contribution in [1.82, 2.24) is 10.3 Å². The summed E-state index contributed by atoms with van der Waals surface area (Å²) in [6.45, 7) is 3.15. The number of unbranched alkanes of at least 4 members (excludes halogenated alkanes) is 5. The fourth-order valence-electron chi connectivity index (χ4n) is 3.77. The average molecular weight is 405 g/mol. The predicted molar refractivity (Wildman–Crippen MR) is 119 cm³/mol.